The molecular weight excluding hydrogens is 484 g/mol. The smallest absolute Gasteiger partial charge is 0.247 e. The lowest BCUT2D eigenvalue weighted by Crippen LogP contribution is -2.26. The number of fused-ring (bicyclic) bond motifs is 3. The number of amides is 1. The zero-order valence-electron chi connectivity index (χ0n) is 21.6. The van der Waals surface area contributed by atoms with Gasteiger partial charge in [0.25, 0.3) is 0 Å². The topological polar surface area (TPSA) is 83.5 Å². The number of ether oxygens (including phenoxy) is 1. The molecule has 1 aliphatic rings. The van der Waals surface area contributed by atoms with E-state index in [1.54, 1.807) is 29.9 Å². The minimum Gasteiger partial charge on any atom is -0.455 e. The molecule has 1 N–H and O–H groups in total. The minimum absolute atomic E-state index is 0.0206. The average Bonchev–Trinajstić information content (AvgIpc) is 3.38. The van der Waals surface area contributed by atoms with Crippen LogP contribution < -0.4 is 10.1 Å². The van der Waals surface area contributed by atoms with Crippen LogP contribution in [0.3, 0.4) is 0 Å². The highest BCUT2D eigenvalue weighted by Gasteiger charge is 2.34. The zero-order valence-corrected chi connectivity index (χ0v) is 22.5. The average molecular weight is 515 g/mol. The molecule has 1 aromatic carbocycles. The predicted molar refractivity (Wildman–Crippen MR) is 148 cm³/mol. The molecule has 1 aliphatic heterocycles. The number of rotatable bonds is 7. The number of nitrogens with one attached hydrogen (secondary N) is 1. The van der Waals surface area contributed by atoms with E-state index in [0.29, 0.717) is 12.3 Å². The number of carbonyl (C=O) groups excluding carboxylic acids is 1. The Bertz CT molecular complexity index is 1480. The van der Waals surface area contributed by atoms with Crippen molar-refractivity contribution in [2.45, 2.75) is 33.4 Å². The van der Waals surface area contributed by atoms with Crippen LogP contribution in [0.1, 0.15) is 34.7 Å². The molecule has 0 bridgehead atoms. The number of anilines is 2. The van der Waals surface area contributed by atoms with Crippen molar-refractivity contribution in [2.75, 3.05) is 26.0 Å². The highest BCUT2D eigenvalue weighted by molar-refractivity contribution is 7.19. The van der Waals surface area contributed by atoms with E-state index in [0.717, 1.165) is 55.7 Å². The van der Waals surface area contributed by atoms with Crippen molar-refractivity contribution < 1.29 is 9.53 Å². The van der Waals surface area contributed by atoms with E-state index in [9.17, 15) is 4.79 Å². The fourth-order valence-electron chi connectivity index (χ4n) is 4.45. The molecule has 9 heteroatoms. The van der Waals surface area contributed by atoms with Crippen molar-refractivity contribution in [3.63, 3.8) is 0 Å². The predicted octanol–water partition coefficient (Wildman–Crippen LogP) is 5.76. The fourth-order valence-corrected chi connectivity index (χ4v) is 5.68. The number of benzene rings is 1. The van der Waals surface area contributed by atoms with Gasteiger partial charge in [-0.15, -0.1) is 11.3 Å². The fraction of sp³-hybridized carbons (Fsp3) is 0.286. The first-order valence-electron chi connectivity index (χ1n) is 12.2. The Hall–Kier alpha value is -3.82. The first-order chi connectivity index (χ1) is 17.8. The summed E-state index contributed by atoms with van der Waals surface area (Å²) in [6.07, 6.45) is 6.89. The molecule has 1 amide bonds. The molecule has 0 unspecified atom stereocenters. The summed E-state index contributed by atoms with van der Waals surface area (Å²) < 4.78 is 6.02. The van der Waals surface area contributed by atoms with Crippen LogP contribution in [0.25, 0.3) is 10.2 Å². The van der Waals surface area contributed by atoms with Crippen molar-refractivity contribution in [1.82, 2.24) is 24.8 Å². The lowest BCUT2D eigenvalue weighted by atomic mass is 10.1. The molecular formula is C28H30N6O2S. The number of likely N-dealkylation sites (N-methyl/N-ethyl adjacent to an activating group) is 1. The van der Waals surface area contributed by atoms with Crippen LogP contribution in [0.4, 0.5) is 11.5 Å². The van der Waals surface area contributed by atoms with E-state index in [-0.39, 0.29) is 11.9 Å². The van der Waals surface area contributed by atoms with Gasteiger partial charge >= 0.3 is 0 Å². The van der Waals surface area contributed by atoms with E-state index >= 15 is 0 Å². The van der Waals surface area contributed by atoms with Crippen LogP contribution in [0.2, 0.25) is 0 Å². The van der Waals surface area contributed by atoms with Crippen LogP contribution in [-0.2, 0) is 11.3 Å². The van der Waals surface area contributed by atoms with Gasteiger partial charge in [0.15, 0.2) is 0 Å². The SMILES string of the molecule is Cc1ccc(Oc2ccc(Nc3ncnc4sc5c(c34)[C@@H](C)N(C(=O)/C=C/CN(C)C)C5)cc2C)cn1. The molecule has 5 rings (SSSR count). The largest absolute Gasteiger partial charge is 0.455 e. The number of thiophene rings is 1. The van der Waals surface area contributed by atoms with E-state index in [1.165, 1.54) is 0 Å². The first-order valence-corrected chi connectivity index (χ1v) is 13.0. The molecule has 0 fully saturated rings. The Morgan fingerprint density at radius 3 is 2.78 bits per heavy atom. The lowest BCUT2D eigenvalue weighted by Gasteiger charge is -2.21. The Morgan fingerprint density at radius 2 is 2.05 bits per heavy atom. The molecule has 8 nitrogen and oxygen atoms in total. The maximum absolute atomic E-state index is 12.9. The van der Waals surface area contributed by atoms with Gasteiger partial charge in [0.2, 0.25) is 5.91 Å². The van der Waals surface area contributed by atoms with Gasteiger partial charge < -0.3 is 19.9 Å². The number of hydrogen-bond acceptors (Lipinski definition) is 8. The summed E-state index contributed by atoms with van der Waals surface area (Å²) in [5.41, 5.74) is 3.96. The normalized spacial score (nSPS) is 15.1. The molecule has 0 aliphatic carbocycles. The summed E-state index contributed by atoms with van der Waals surface area (Å²) in [7, 11) is 3.96. The van der Waals surface area contributed by atoms with Gasteiger partial charge in [0, 0.05) is 34.4 Å². The Balaban J connectivity index is 1.38. The molecule has 1 atom stereocenters. The maximum atomic E-state index is 12.9. The number of aromatic nitrogens is 3. The van der Waals surface area contributed by atoms with Crippen molar-refractivity contribution in [2.24, 2.45) is 0 Å². The Morgan fingerprint density at radius 1 is 1.22 bits per heavy atom. The second kappa shape index (κ2) is 10.3. The summed E-state index contributed by atoms with van der Waals surface area (Å²) in [6.45, 7) is 7.34. The number of nitrogens with zero attached hydrogens (tertiary/aromatic N) is 5. The summed E-state index contributed by atoms with van der Waals surface area (Å²) in [4.78, 5) is 32.3. The third-order valence-corrected chi connectivity index (χ3v) is 7.46. The lowest BCUT2D eigenvalue weighted by molar-refractivity contribution is -0.127. The molecule has 0 radical (unpaired) electrons. The maximum Gasteiger partial charge on any atom is 0.247 e. The third-order valence-electron chi connectivity index (χ3n) is 6.37. The van der Waals surface area contributed by atoms with Crippen LogP contribution in [0.15, 0.2) is 55.0 Å². The number of hydrogen-bond donors (Lipinski definition) is 1. The molecule has 0 saturated heterocycles. The standard InChI is InChI=1S/C28H30N6O2S/c1-17-13-20(9-11-22(17)36-21-10-8-18(2)29-14-21)32-27-26-25-19(3)34(24(35)7-6-12-33(4)5)15-23(25)37-28(26)31-16-30-27/h6-11,13-14,16,19H,12,15H2,1-5H3,(H,30,31,32)/b7-6+/t19-/m1/s1. The third kappa shape index (κ3) is 5.19. The van der Waals surface area contributed by atoms with E-state index in [2.05, 4.69) is 27.2 Å². The van der Waals surface area contributed by atoms with Crippen LogP contribution in [-0.4, -0.2) is 51.3 Å². The van der Waals surface area contributed by atoms with Crippen molar-refractivity contribution in [3.8, 4) is 11.5 Å². The van der Waals surface area contributed by atoms with Crippen LogP contribution in [0, 0.1) is 13.8 Å². The highest BCUT2D eigenvalue weighted by atomic mass is 32.1. The second-order valence-electron chi connectivity index (χ2n) is 9.49. The molecule has 3 aromatic heterocycles. The highest BCUT2D eigenvalue weighted by Crippen LogP contribution is 2.45. The van der Waals surface area contributed by atoms with Gasteiger partial charge in [0.1, 0.15) is 28.5 Å². The van der Waals surface area contributed by atoms with Crippen molar-refractivity contribution in [3.05, 3.63) is 76.7 Å². The van der Waals surface area contributed by atoms with Crippen molar-refractivity contribution >= 4 is 39.0 Å². The molecule has 37 heavy (non-hydrogen) atoms. The summed E-state index contributed by atoms with van der Waals surface area (Å²) in [5.74, 6) is 2.23. The van der Waals surface area contributed by atoms with Gasteiger partial charge in [-0.2, -0.15) is 0 Å². The minimum atomic E-state index is -0.0626. The second-order valence-corrected chi connectivity index (χ2v) is 10.6. The van der Waals surface area contributed by atoms with Gasteiger partial charge in [-0.1, -0.05) is 6.08 Å². The van der Waals surface area contributed by atoms with Gasteiger partial charge in [-0.25, -0.2) is 9.97 Å². The molecule has 4 heterocycles. The van der Waals surface area contributed by atoms with E-state index < -0.39 is 0 Å². The van der Waals surface area contributed by atoms with Gasteiger partial charge in [0.05, 0.1) is 24.2 Å². The van der Waals surface area contributed by atoms with E-state index in [1.807, 2.05) is 74.2 Å². The van der Waals surface area contributed by atoms with Crippen LogP contribution in [0.5, 0.6) is 11.5 Å². The quantitative estimate of drug-likeness (QED) is 0.314. The van der Waals surface area contributed by atoms with E-state index in [4.69, 9.17) is 4.74 Å². The van der Waals surface area contributed by atoms with Crippen LogP contribution >= 0.6 is 11.3 Å². The number of carbonyl (C=O) groups is 1. The summed E-state index contributed by atoms with van der Waals surface area (Å²) >= 11 is 1.63. The summed E-state index contributed by atoms with van der Waals surface area (Å²) in [5, 5.41) is 4.46. The monoisotopic (exact) mass is 514 g/mol. The van der Waals surface area contributed by atoms with Gasteiger partial charge in [-0.3, -0.25) is 9.78 Å². The number of aryl methyl sites for hydroxylation is 2. The molecule has 190 valence electrons. The first kappa shape index (κ1) is 24.9. The molecule has 0 spiro atoms. The van der Waals surface area contributed by atoms with Crippen molar-refractivity contribution in [1.29, 1.82) is 0 Å². The number of pyridine rings is 1. The Labute approximate surface area is 220 Å². The zero-order chi connectivity index (χ0) is 26.1. The molecule has 4 aromatic rings. The van der Waals surface area contributed by atoms with Gasteiger partial charge in [-0.05, 0) is 70.8 Å². The Kier molecular flexibility index (Phi) is 6.90. The summed E-state index contributed by atoms with van der Waals surface area (Å²) in [6, 6.07) is 9.72. The molecule has 0 saturated carbocycles.